The van der Waals surface area contributed by atoms with Gasteiger partial charge in [0.25, 0.3) is 0 Å². The van der Waals surface area contributed by atoms with Gasteiger partial charge in [0.15, 0.2) is 0 Å². The lowest BCUT2D eigenvalue weighted by atomic mass is 10.0. The Balaban J connectivity index is 2.27. The quantitative estimate of drug-likeness (QED) is 0.628. The van der Waals surface area contributed by atoms with Crippen molar-refractivity contribution in [1.29, 1.82) is 0 Å². The number of hydrogen-bond acceptors (Lipinski definition) is 4. The van der Waals surface area contributed by atoms with E-state index in [9.17, 15) is 14.7 Å². The molecule has 0 aromatic heterocycles. The topological polar surface area (TPSA) is 78.4 Å². The van der Waals surface area contributed by atoms with Crippen molar-refractivity contribution in [3.63, 3.8) is 0 Å². The van der Waals surface area contributed by atoms with E-state index in [4.69, 9.17) is 0 Å². The van der Waals surface area contributed by atoms with E-state index in [1.165, 1.54) is 0 Å². The Bertz CT molecular complexity index is 315. The molecule has 1 aliphatic rings. The van der Waals surface area contributed by atoms with Crippen molar-refractivity contribution in [2.75, 3.05) is 18.6 Å². The van der Waals surface area contributed by atoms with Gasteiger partial charge in [0.2, 0.25) is 0 Å². The second kappa shape index (κ2) is 7.75. The van der Waals surface area contributed by atoms with Crippen molar-refractivity contribution in [1.82, 2.24) is 10.6 Å². The number of rotatable bonds is 6. The monoisotopic (exact) mass is 288 g/mol. The fraction of sp³-hybridized carbons (Fsp3) is 0.846. The molecule has 0 aliphatic heterocycles. The summed E-state index contributed by atoms with van der Waals surface area (Å²) >= 11 is 1.64. The highest BCUT2D eigenvalue weighted by Gasteiger charge is 2.24. The normalized spacial score (nSPS) is 18.9. The maximum atomic E-state index is 11.6. The maximum absolute atomic E-state index is 11.6. The Morgan fingerprint density at radius 2 is 1.95 bits per heavy atom. The number of carbonyl (C=O) groups excluding carboxylic acids is 2. The molecule has 0 aromatic rings. The first kappa shape index (κ1) is 16.3. The van der Waals surface area contributed by atoms with Gasteiger partial charge in [0, 0.05) is 12.6 Å². The van der Waals surface area contributed by atoms with Crippen molar-refractivity contribution in [3.05, 3.63) is 0 Å². The average molecular weight is 288 g/mol. The molecular weight excluding hydrogens is 264 g/mol. The van der Waals surface area contributed by atoms with Crippen LogP contribution in [-0.4, -0.2) is 47.1 Å². The standard InChI is InChI=1S/C13H24N2O3S/c1-13(18,7-8-19-2)9-14-11(16)12(17)15-10-5-3-4-6-10/h10,18H,3-9H2,1-2H3,(H,14,16)(H,15,17). The Labute approximate surface area is 118 Å². The lowest BCUT2D eigenvalue weighted by Crippen LogP contribution is -2.48. The number of carbonyl (C=O) groups is 2. The van der Waals surface area contributed by atoms with Gasteiger partial charge < -0.3 is 15.7 Å². The highest BCUT2D eigenvalue weighted by Crippen LogP contribution is 2.17. The number of thioether (sulfide) groups is 1. The second-order valence-corrected chi connectivity index (χ2v) is 6.36. The number of aliphatic hydroxyl groups is 1. The molecular formula is C13H24N2O3S. The molecule has 0 radical (unpaired) electrons. The largest absolute Gasteiger partial charge is 0.388 e. The molecule has 0 bridgehead atoms. The molecule has 6 heteroatoms. The van der Waals surface area contributed by atoms with Crippen LogP contribution in [0.3, 0.4) is 0 Å². The van der Waals surface area contributed by atoms with E-state index in [0.29, 0.717) is 6.42 Å². The van der Waals surface area contributed by atoms with E-state index in [-0.39, 0.29) is 12.6 Å². The fourth-order valence-electron chi connectivity index (χ4n) is 2.08. The van der Waals surface area contributed by atoms with E-state index in [0.717, 1.165) is 31.4 Å². The Morgan fingerprint density at radius 3 is 2.53 bits per heavy atom. The van der Waals surface area contributed by atoms with Crippen molar-refractivity contribution in [2.45, 2.75) is 50.7 Å². The third-order valence-electron chi connectivity index (χ3n) is 3.37. The maximum Gasteiger partial charge on any atom is 0.309 e. The third-order valence-corrected chi connectivity index (χ3v) is 3.98. The summed E-state index contributed by atoms with van der Waals surface area (Å²) in [5, 5.41) is 15.2. The van der Waals surface area contributed by atoms with Gasteiger partial charge in [-0.3, -0.25) is 9.59 Å². The highest BCUT2D eigenvalue weighted by atomic mass is 32.2. The zero-order chi connectivity index (χ0) is 14.3. The van der Waals surface area contributed by atoms with Crippen LogP contribution in [0.4, 0.5) is 0 Å². The molecule has 0 heterocycles. The van der Waals surface area contributed by atoms with Crippen LogP contribution in [0.1, 0.15) is 39.0 Å². The van der Waals surface area contributed by atoms with Crippen LogP contribution in [-0.2, 0) is 9.59 Å². The zero-order valence-corrected chi connectivity index (χ0v) is 12.5. The zero-order valence-electron chi connectivity index (χ0n) is 11.7. The van der Waals surface area contributed by atoms with Crippen molar-refractivity contribution >= 4 is 23.6 Å². The van der Waals surface area contributed by atoms with Crippen LogP contribution in [0.15, 0.2) is 0 Å². The lowest BCUT2D eigenvalue weighted by Gasteiger charge is -2.23. The summed E-state index contributed by atoms with van der Waals surface area (Å²) in [4.78, 5) is 23.2. The van der Waals surface area contributed by atoms with E-state index < -0.39 is 17.4 Å². The number of hydrogen-bond donors (Lipinski definition) is 3. The van der Waals surface area contributed by atoms with Gasteiger partial charge in [-0.15, -0.1) is 0 Å². The van der Waals surface area contributed by atoms with E-state index in [1.54, 1.807) is 18.7 Å². The molecule has 1 atom stereocenters. The average Bonchev–Trinajstić information content (AvgIpc) is 2.86. The lowest BCUT2D eigenvalue weighted by molar-refractivity contribution is -0.140. The summed E-state index contributed by atoms with van der Waals surface area (Å²) in [5.41, 5.74) is -0.966. The minimum Gasteiger partial charge on any atom is -0.388 e. The predicted molar refractivity (Wildman–Crippen MR) is 77.0 cm³/mol. The molecule has 3 N–H and O–H groups in total. The fourth-order valence-corrected chi connectivity index (χ4v) is 2.73. The van der Waals surface area contributed by atoms with Gasteiger partial charge in [-0.25, -0.2) is 0 Å². The van der Waals surface area contributed by atoms with Crippen LogP contribution in [0, 0.1) is 0 Å². The molecule has 0 spiro atoms. The molecule has 19 heavy (non-hydrogen) atoms. The van der Waals surface area contributed by atoms with Crippen LogP contribution < -0.4 is 10.6 Å². The first-order valence-electron chi connectivity index (χ1n) is 6.74. The van der Waals surface area contributed by atoms with Gasteiger partial charge in [-0.05, 0) is 38.2 Å². The SMILES string of the molecule is CSCCC(C)(O)CNC(=O)C(=O)NC1CCCC1. The van der Waals surface area contributed by atoms with Gasteiger partial charge in [-0.2, -0.15) is 11.8 Å². The molecule has 1 aliphatic carbocycles. The van der Waals surface area contributed by atoms with Gasteiger partial charge >= 0.3 is 11.8 Å². The Morgan fingerprint density at radius 1 is 1.32 bits per heavy atom. The van der Waals surface area contributed by atoms with E-state index >= 15 is 0 Å². The molecule has 5 nitrogen and oxygen atoms in total. The molecule has 1 fully saturated rings. The molecule has 0 saturated heterocycles. The summed E-state index contributed by atoms with van der Waals surface area (Å²) < 4.78 is 0. The molecule has 1 unspecified atom stereocenters. The second-order valence-electron chi connectivity index (χ2n) is 5.38. The predicted octanol–water partition coefficient (Wildman–Crippen LogP) is 0.665. The summed E-state index contributed by atoms with van der Waals surface area (Å²) in [6, 6.07) is 0.134. The molecule has 110 valence electrons. The first-order valence-corrected chi connectivity index (χ1v) is 8.14. The molecule has 1 rings (SSSR count). The van der Waals surface area contributed by atoms with Crippen LogP contribution in [0.5, 0.6) is 0 Å². The molecule has 1 saturated carbocycles. The van der Waals surface area contributed by atoms with E-state index in [2.05, 4.69) is 10.6 Å². The molecule has 2 amide bonds. The number of amides is 2. The molecule has 0 aromatic carbocycles. The van der Waals surface area contributed by atoms with Gasteiger partial charge in [0.1, 0.15) is 0 Å². The van der Waals surface area contributed by atoms with Gasteiger partial charge in [-0.1, -0.05) is 12.8 Å². The summed E-state index contributed by atoms with van der Waals surface area (Å²) in [6.07, 6.45) is 6.66. The van der Waals surface area contributed by atoms with Crippen LogP contribution in [0.25, 0.3) is 0 Å². The third kappa shape index (κ3) is 6.29. The first-order chi connectivity index (χ1) is 8.94. The summed E-state index contributed by atoms with van der Waals surface area (Å²) in [5.74, 6) is -0.430. The van der Waals surface area contributed by atoms with Crippen molar-refractivity contribution in [2.24, 2.45) is 0 Å². The minimum absolute atomic E-state index is 0.102. The summed E-state index contributed by atoms with van der Waals surface area (Å²) in [7, 11) is 0. The van der Waals surface area contributed by atoms with Gasteiger partial charge in [0.05, 0.1) is 5.60 Å². The number of nitrogens with one attached hydrogen (secondary N) is 2. The smallest absolute Gasteiger partial charge is 0.309 e. The van der Waals surface area contributed by atoms with Crippen LogP contribution in [0.2, 0.25) is 0 Å². The van der Waals surface area contributed by atoms with E-state index in [1.807, 2.05) is 6.26 Å². The van der Waals surface area contributed by atoms with Crippen LogP contribution >= 0.6 is 11.8 Å². The minimum atomic E-state index is -0.966. The van der Waals surface area contributed by atoms with Crippen molar-refractivity contribution < 1.29 is 14.7 Å². The Hall–Kier alpha value is -0.750. The Kier molecular flexibility index (Phi) is 6.65. The summed E-state index contributed by atoms with van der Waals surface area (Å²) in [6.45, 7) is 1.77. The van der Waals surface area contributed by atoms with Crippen molar-refractivity contribution in [3.8, 4) is 0 Å². The highest BCUT2D eigenvalue weighted by molar-refractivity contribution is 7.98.